The maximum atomic E-state index is 12.6. The summed E-state index contributed by atoms with van der Waals surface area (Å²) in [6.07, 6.45) is 1.98. The Morgan fingerprint density at radius 3 is 2.27 bits per heavy atom. The van der Waals surface area contributed by atoms with Crippen LogP contribution >= 0.6 is 0 Å². The predicted molar refractivity (Wildman–Crippen MR) is 105 cm³/mol. The Hall–Kier alpha value is -2.17. The number of likely N-dealkylation sites (tertiary alicyclic amines) is 1. The average Bonchev–Trinajstić information content (AvgIpc) is 2.70. The Balaban J connectivity index is 1.45. The van der Waals surface area contributed by atoms with E-state index in [1.165, 1.54) is 5.56 Å². The van der Waals surface area contributed by atoms with Crippen LogP contribution in [0.4, 0.5) is 0 Å². The van der Waals surface area contributed by atoms with E-state index in [1.54, 1.807) is 0 Å². The van der Waals surface area contributed by atoms with Crippen molar-refractivity contribution in [1.82, 2.24) is 10.2 Å². The Kier molecular flexibility index (Phi) is 6.42. The Labute approximate surface area is 156 Å². The fourth-order valence-corrected chi connectivity index (χ4v) is 3.54. The number of amides is 1. The quantitative estimate of drug-likeness (QED) is 0.841. The topological polar surface area (TPSA) is 58.4 Å². The van der Waals surface area contributed by atoms with Gasteiger partial charge in [-0.25, -0.2) is 0 Å². The van der Waals surface area contributed by atoms with Crippen LogP contribution < -0.4 is 11.1 Å². The van der Waals surface area contributed by atoms with Gasteiger partial charge >= 0.3 is 0 Å². The summed E-state index contributed by atoms with van der Waals surface area (Å²) in [5, 5.41) is 3.21. The lowest BCUT2D eigenvalue weighted by Crippen LogP contribution is -2.47. The third kappa shape index (κ3) is 4.93. The van der Waals surface area contributed by atoms with E-state index in [1.807, 2.05) is 43.3 Å². The molecule has 1 aliphatic heterocycles. The number of rotatable bonds is 6. The molecular formula is C22H29N3O. The van der Waals surface area contributed by atoms with Crippen molar-refractivity contribution in [3.8, 4) is 0 Å². The Morgan fingerprint density at radius 1 is 1.08 bits per heavy atom. The van der Waals surface area contributed by atoms with E-state index >= 15 is 0 Å². The van der Waals surface area contributed by atoms with Crippen LogP contribution in [0.2, 0.25) is 0 Å². The van der Waals surface area contributed by atoms with E-state index in [-0.39, 0.29) is 23.9 Å². The number of carbonyl (C=O) groups is 1. The summed E-state index contributed by atoms with van der Waals surface area (Å²) in [5.74, 6) is -0.178. The first-order valence-electron chi connectivity index (χ1n) is 9.50. The van der Waals surface area contributed by atoms with Crippen molar-refractivity contribution in [2.24, 2.45) is 11.7 Å². The summed E-state index contributed by atoms with van der Waals surface area (Å²) >= 11 is 0. The molecule has 26 heavy (non-hydrogen) atoms. The summed E-state index contributed by atoms with van der Waals surface area (Å²) in [4.78, 5) is 15.0. The van der Waals surface area contributed by atoms with E-state index in [9.17, 15) is 4.79 Å². The minimum Gasteiger partial charge on any atom is -0.353 e. The van der Waals surface area contributed by atoms with Gasteiger partial charge in [-0.3, -0.25) is 9.69 Å². The number of nitrogens with two attached hydrogens (primary N) is 1. The molecule has 0 aliphatic carbocycles. The minimum atomic E-state index is -0.269. The molecule has 1 aliphatic rings. The molecule has 1 fully saturated rings. The third-order valence-corrected chi connectivity index (χ3v) is 5.32. The monoisotopic (exact) mass is 351 g/mol. The number of piperidine rings is 1. The molecule has 2 aromatic carbocycles. The zero-order valence-electron chi connectivity index (χ0n) is 15.5. The maximum Gasteiger partial charge on any atom is 0.224 e. The van der Waals surface area contributed by atoms with E-state index in [2.05, 4.69) is 34.5 Å². The zero-order valence-corrected chi connectivity index (χ0v) is 15.5. The smallest absolute Gasteiger partial charge is 0.224 e. The van der Waals surface area contributed by atoms with Crippen molar-refractivity contribution in [2.45, 2.75) is 38.4 Å². The van der Waals surface area contributed by atoms with Crippen LogP contribution in [-0.4, -0.2) is 29.9 Å². The molecule has 138 valence electrons. The first kappa shape index (κ1) is 18.6. The molecule has 1 amide bonds. The second-order valence-corrected chi connectivity index (χ2v) is 7.27. The van der Waals surface area contributed by atoms with Gasteiger partial charge in [0.25, 0.3) is 0 Å². The average molecular weight is 351 g/mol. The number of nitrogens with zero attached hydrogens (tertiary/aromatic N) is 1. The molecule has 2 aromatic rings. The SMILES string of the molecule is CC(C(=O)NC1CCN(Cc2ccccc2)CC1)C(N)c1ccccc1. The van der Waals surface area contributed by atoms with Crippen molar-refractivity contribution in [3.63, 3.8) is 0 Å². The van der Waals surface area contributed by atoms with Gasteiger partial charge in [0.05, 0.1) is 5.92 Å². The molecular weight excluding hydrogens is 322 g/mol. The highest BCUT2D eigenvalue weighted by molar-refractivity contribution is 5.79. The zero-order chi connectivity index (χ0) is 18.4. The summed E-state index contributed by atoms with van der Waals surface area (Å²) in [6.45, 7) is 4.92. The number of benzene rings is 2. The first-order chi connectivity index (χ1) is 12.6. The van der Waals surface area contributed by atoms with E-state index < -0.39 is 0 Å². The van der Waals surface area contributed by atoms with Crippen LogP contribution in [-0.2, 0) is 11.3 Å². The van der Waals surface area contributed by atoms with Crippen molar-refractivity contribution in [3.05, 3.63) is 71.8 Å². The largest absolute Gasteiger partial charge is 0.353 e. The van der Waals surface area contributed by atoms with E-state index in [0.717, 1.165) is 38.0 Å². The van der Waals surface area contributed by atoms with Crippen LogP contribution in [0, 0.1) is 5.92 Å². The van der Waals surface area contributed by atoms with Crippen LogP contribution in [0.3, 0.4) is 0 Å². The molecule has 4 heteroatoms. The fraction of sp³-hybridized carbons (Fsp3) is 0.409. The van der Waals surface area contributed by atoms with Crippen LogP contribution in [0.5, 0.6) is 0 Å². The van der Waals surface area contributed by atoms with Crippen molar-refractivity contribution < 1.29 is 4.79 Å². The highest BCUT2D eigenvalue weighted by Crippen LogP contribution is 2.20. The van der Waals surface area contributed by atoms with Crippen molar-refractivity contribution >= 4 is 5.91 Å². The molecule has 0 aromatic heterocycles. The molecule has 0 bridgehead atoms. The van der Waals surface area contributed by atoms with Gasteiger partial charge in [-0.1, -0.05) is 67.6 Å². The molecule has 3 rings (SSSR count). The number of nitrogens with one attached hydrogen (secondary N) is 1. The maximum absolute atomic E-state index is 12.6. The first-order valence-corrected chi connectivity index (χ1v) is 9.50. The van der Waals surface area contributed by atoms with E-state index in [4.69, 9.17) is 5.73 Å². The van der Waals surface area contributed by atoms with Crippen LogP contribution in [0.25, 0.3) is 0 Å². The Bertz CT molecular complexity index is 681. The second kappa shape index (κ2) is 8.97. The van der Waals surface area contributed by atoms with Gasteiger partial charge in [0.15, 0.2) is 0 Å². The predicted octanol–water partition coefficient (Wildman–Crippen LogP) is 3.10. The molecule has 1 heterocycles. The molecule has 3 N–H and O–H groups in total. The van der Waals surface area contributed by atoms with Crippen molar-refractivity contribution in [2.75, 3.05) is 13.1 Å². The van der Waals surface area contributed by atoms with Gasteiger partial charge in [0.1, 0.15) is 0 Å². The molecule has 0 radical (unpaired) electrons. The fourth-order valence-electron chi connectivity index (χ4n) is 3.54. The third-order valence-electron chi connectivity index (χ3n) is 5.32. The lowest BCUT2D eigenvalue weighted by Gasteiger charge is -2.33. The van der Waals surface area contributed by atoms with Crippen molar-refractivity contribution in [1.29, 1.82) is 0 Å². The Morgan fingerprint density at radius 2 is 1.65 bits per heavy atom. The molecule has 1 saturated heterocycles. The molecule has 2 atom stereocenters. The summed E-state index contributed by atoms with van der Waals surface area (Å²) in [7, 11) is 0. The number of hydrogen-bond donors (Lipinski definition) is 2. The van der Waals surface area contributed by atoms with Gasteiger partial charge in [0, 0.05) is 31.7 Å². The van der Waals surface area contributed by atoms with Crippen LogP contribution in [0.15, 0.2) is 60.7 Å². The van der Waals surface area contributed by atoms with E-state index in [0.29, 0.717) is 0 Å². The number of carbonyl (C=O) groups excluding carboxylic acids is 1. The van der Waals surface area contributed by atoms with Gasteiger partial charge in [-0.2, -0.15) is 0 Å². The van der Waals surface area contributed by atoms with Gasteiger partial charge in [-0.15, -0.1) is 0 Å². The molecule has 0 saturated carbocycles. The molecule has 4 nitrogen and oxygen atoms in total. The van der Waals surface area contributed by atoms with Crippen LogP contribution in [0.1, 0.15) is 36.9 Å². The summed E-state index contributed by atoms with van der Waals surface area (Å²) < 4.78 is 0. The number of hydrogen-bond acceptors (Lipinski definition) is 3. The minimum absolute atomic E-state index is 0.0582. The normalized spacial score (nSPS) is 18.2. The highest BCUT2D eigenvalue weighted by atomic mass is 16.2. The highest BCUT2D eigenvalue weighted by Gasteiger charge is 2.26. The lowest BCUT2D eigenvalue weighted by atomic mass is 9.94. The molecule has 0 spiro atoms. The standard InChI is InChI=1S/C22H29N3O/c1-17(21(23)19-10-6-3-7-11-19)22(26)24-20-12-14-25(15-13-20)16-18-8-4-2-5-9-18/h2-11,17,20-21H,12-16,23H2,1H3,(H,24,26). The molecule has 2 unspecified atom stereocenters. The summed E-state index contributed by atoms with van der Waals surface area (Å²) in [6, 6.07) is 20.4. The van der Waals surface area contributed by atoms with Gasteiger partial charge in [0.2, 0.25) is 5.91 Å². The second-order valence-electron chi connectivity index (χ2n) is 7.27. The van der Waals surface area contributed by atoms with Gasteiger partial charge in [-0.05, 0) is 24.0 Å². The summed E-state index contributed by atoms with van der Waals surface area (Å²) in [5.41, 5.74) is 8.64. The van der Waals surface area contributed by atoms with Gasteiger partial charge < -0.3 is 11.1 Å². The lowest BCUT2D eigenvalue weighted by molar-refractivity contribution is -0.126.